The van der Waals surface area contributed by atoms with Crippen LogP contribution in [0, 0.1) is 5.41 Å². The number of nitrogens with one attached hydrogen (secondary N) is 1. The Labute approximate surface area is 186 Å². The molecule has 0 saturated heterocycles. The summed E-state index contributed by atoms with van der Waals surface area (Å²) in [5, 5.41) is 17.1. The summed E-state index contributed by atoms with van der Waals surface area (Å²) in [5.41, 5.74) is 2.03. The molecule has 28 heavy (non-hydrogen) atoms. The van der Waals surface area contributed by atoms with Crippen LogP contribution in [0.25, 0.3) is 0 Å². The molecule has 0 saturated carbocycles. The quantitative estimate of drug-likeness (QED) is 0.330. The van der Waals surface area contributed by atoms with Gasteiger partial charge in [0.05, 0.1) is 13.2 Å². The summed E-state index contributed by atoms with van der Waals surface area (Å²) >= 11 is 14.3. The third-order valence-corrected chi connectivity index (χ3v) is 3.85. The topological polar surface area (TPSA) is 53.3 Å². The van der Waals surface area contributed by atoms with Gasteiger partial charge in [0.1, 0.15) is 6.17 Å². The highest BCUT2D eigenvalue weighted by atomic mass is 79.9. The number of aliphatic hydroxyl groups is 1. The lowest BCUT2D eigenvalue weighted by molar-refractivity contribution is 0.185. The van der Waals surface area contributed by atoms with Crippen molar-refractivity contribution in [3.8, 4) is 0 Å². The predicted molar refractivity (Wildman–Crippen MR) is 123 cm³/mol. The minimum absolute atomic E-state index is 0.0805. The smallest absolute Gasteiger partial charge is 0.135 e. The number of methoxy groups -OCH3 is 1. The normalized spacial score (nSPS) is 10.1. The second-order valence-corrected chi connectivity index (χ2v) is 6.67. The fourth-order valence-electron chi connectivity index (χ4n) is 1.52. The van der Waals surface area contributed by atoms with Crippen molar-refractivity contribution in [2.45, 2.75) is 39.7 Å². The number of aliphatic hydroxyl groups excluding tert-OH is 1. The molecule has 2 aromatic carbocycles. The fourth-order valence-corrected chi connectivity index (χ4v) is 2.21. The van der Waals surface area contributed by atoms with E-state index in [0.717, 1.165) is 22.4 Å². The van der Waals surface area contributed by atoms with Crippen LogP contribution in [-0.2, 0) is 18.0 Å². The summed E-state index contributed by atoms with van der Waals surface area (Å²) in [6.45, 7) is 4.73. The molecule has 0 bridgehead atoms. The maximum Gasteiger partial charge on any atom is 0.135 e. The molecule has 0 aromatic heterocycles. The summed E-state index contributed by atoms with van der Waals surface area (Å²) in [6.07, 6.45) is 0.157. The molecule has 7 heteroatoms. The average molecular weight is 497 g/mol. The number of hydrogen-bond donors (Lipinski definition) is 2. The van der Waals surface area contributed by atoms with E-state index in [9.17, 15) is 4.39 Å². The fraction of sp³-hybridized carbons (Fsp3) is 0.381. The summed E-state index contributed by atoms with van der Waals surface area (Å²) in [6, 6.07) is 14.7. The van der Waals surface area contributed by atoms with Gasteiger partial charge < -0.3 is 15.3 Å². The number of rotatable bonds is 6. The Bertz CT molecular complexity index is 598. The van der Waals surface area contributed by atoms with E-state index in [-0.39, 0.29) is 6.61 Å². The van der Waals surface area contributed by atoms with Gasteiger partial charge in [0.2, 0.25) is 0 Å². The number of alkyl halides is 2. The van der Waals surface area contributed by atoms with Gasteiger partial charge in [0.15, 0.2) is 0 Å². The van der Waals surface area contributed by atoms with Crippen molar-refractivity contribution >= 4 is 45.3 Å². The maximum absolute atomic E-state index is 11.9. The minimum atomic E-state index is -1.06. The third kappa shape index (κ3) is 17.1. The first kappa shape index (κ1) is 29.2. The van der Waals surface area contributed by atoms with Gasteiger partial charge in [-0.2, -0.15) is 0 Å². The van der Waals surface area contributed by atoms with Gasteiger partial charge in [0, 0.05) is 28.7 Å². The van der Waals surface area contributed by atoms with Crippen molar-refractivity contribution in [2.75, 3.05) is 12.4 Å². The molecular formula is C21H29BrCl2FNO2. The molecule has 2 N–H and O–H groups in total. The second kappa shape index (κ2) is 20.7. The predicted octanol–water partition coefficient (Wildman–Crippen LogP) is 7.10. The van der Waals surface area contributed by atoms with Crippen LogP contribution in [0.5, 0.6) is 0 Å². The monoisotopic (exact) mass is 495 g/mol. The van der Waals surface area contributed by atoms with Crippen molar-refractivity contribution in [3.05, 3.63) is 69.7 Å². The molecule has 158 valence electrons. The lowest BCUT2D eigenvalue weighted by atomic mass is 10.2. The van der Waals surface area contributed by atoms with E-state index < -0.39 is 6.17 Å². The first-order valence-electron chi connectivity index (χ1n) is 8.76. The zero-order chi connectivity index (χ0) is 21.8. The van der Waals surface area contributed by atoms with Gasteiger partial charge in [-0.25, -0.2) is 4.39 Å². The lowest BCUT2D eigenvalue weighted by Crippen LogP contribution is -1.99. The molecule has 0 aliphatic rings. The Balaban J connectivity index is 0. The van der Waals surface area contributed by atoms with Gasteiger partial charge >= 0.3 is 0 Å². The third-order valence-electron chi connectivity index (χ3n) is 2.89. The Hall–Kier alpha value is -0.980. The van der Waals surface area contributed by atoms with Crippen molar-refractivity contribution in [3.63, 3.8) is 0 Å². The van der Waals surface area contributed by atoms with Gasteiger partial charge in [-0.3, -0.25) is 0 Å². The van der Waals surface area contributed by atoms with Crippen LogP contribution in [-0.4, -0.2) is 29.9 Å². The van der Waals surface area contributed by atoms with Crippen LogP contribution in [0.2, 0.25) is 10.0 Å². The minimum Gasteiger partial charge on any atom is -0.392 e. The Morgan fingerprint density at radius 3 is 1.75 bits per heavy atom. The van der Waals surface area contributed by atoms with Crippen molar-refractivity contribution < 1.29 is 14.2 Å². The number of halogens is 4. The zero-order valence-electron chi connectivity index (χ0n) is 16.5. The Morgan fingerprint density at radius 2 is 1.46 bits per heavy atom. The largest absolute Gasteiger partial charge is 0.392 e. The zero-order valence-corrected chi connectivity index (χ0v) is 19.6. The maximum atomic E-state index is 11.9. The summed E-state index contributed by atoms with van der Waals surface area (Å²) in [5.74, 6) is 0. The van der Waals surface area contributed by atoms with Gasteiger partial charge in [-0.15, -0.1) is 0 Å². The van der Waals surface area contributed by atoms with E-state index in [2.05, 4.69) is 15.9 Å². The van der Waals surface area contributed by atoms with E-state index >= 15 is 0 Å². The Morgan fingerprint density at radius 1 is 1.04 bits per heavy atom. The van der Waals surface area contributed by atoms with Gasteiger partial charge in [0.25, 0.3) is 0 Å². The molecule has 0 aliphatic carbocycles. The van der Waals surface area contributed by atoms with Crippen LogP contribution in [0.1, 0.15) is 31.4 Å². The van der Waals surface area contributed by atoms with Crippen molar-refractivity contribution in [1.82, 2.24) is 0 Å². The van der Waals surface area contributed by atoms with Crippen molar-refractivity contribution in [2.24, 2.45) is 0 Å². The molecule has 0 amide bonds. The average Bonchev–Trinajstić information content (AvgIpc) is 2.73. The van der Waals surface area contributed by atoms with Crippen LogP contribution in [0.15, 0.2) is 48.5 Å². The molecule has 3 nitrogen and oxygen atoms in total. The van der Waals surface area contributed by atoms with Crippen LogP contribution in [0.4, 0.5) is 4.39 Å². The van der Waals surface area contributed by atoms with E-state index in [1.54, 1.807) is 31.4 Å². The Kier molecular flexibility index (Phi) is 21.7. The van der Waals surface area contributed by atoms with E-state index in [4.69, 9.17) is 38.5 Å². The SMILES string of the molecule is CC.COCc1ccc(Cl)cc1.N=C[C@@H](F)CCBr.OCc1ccc(Cl)cc1. The molecule has 0 radical (unpaired) electrons. The lowest BCUT2D eigenvalue weighted by Gasteiger charge is -1.97. The highest BCUT2D eigenvalue weighted by Gasteiger charge is 1.96. The first-order valence-corrected chi connectivity index (χ1v) is 10.6. The first-order chi connectivity index (χ1) is 13.5. The van der Waals surface area contributed by atoms with Crippen LogP contribution < -0.4 is 0 Å². The van der Waals surface area contributed by atoms with Crippen molar-refractivity contribution in [1.29, 1.82) is 5.41 Å². The summed E-state index contributed by atoms with van der Waals surface area (Å²) in [7, 11) is 1.68. The van der Waals surface area contributed by atoms with Gasteiger partial charge in [-0.1, -0.05) is 77.2 Å². The van der Waals surface area contributed by atoms with Gasteiger partial charge in [-0.05, 0) is 41.8 Å². The van der Waals surface area contributed by atoms with Crippen LogP contribution >= 0.6 is 39.1 Å². The number of hydrogen-bond acceptors (Lipinski definition) is 3. The molecule has 1 atom stereocenters. The van der Waals surface area contributed by atoms with E-state index in [0.29, 0.717) is 23.4 Å². The number of benzene rings is 2. The molecule has 0 aliphatic heterocycles. The van der Waals surface area contributed by atoms with E-state index in [1.165, 1.54) is 0 Å². The highest BCUT2D eigenvalue weighted by molar-refractivity contribution is 9.09. The standard InChI is InChI=1S/C8H9ClO.C7H7ClO.C4H7BrFN.C2H6/c1-10-6-7-2-4-8(9)5-3-7;8-7-3-1-6(5-9)2-4-7;5-2-1-4(6)3-7;1-2/h2-5H,6H2,1H3;1-4,9H,5H2;3-4,7H,1-2H2;1-2H3/t;;4-;/m..0./s1. The van der Waals surface area contributed by atoms with Crippen LogP contribution in [0.3, 0.4) is 0 Å². The molecule has 2 rings (SSSR count). The molecule has 0 unspecified atom stereocenters. The molecular weight excluding hydrogens is 468 g/mol. The summed E-state index contributed by atoms with van der Waals surface area (Å²) in [4.78, 5) is 0. The summed E-state index contributed by atoms with van der Waals surface area (Å²) < 4.78 is 16.8. The molecule has 0 fully saturated rings. The second-order valence-electron chi connectivity index (χ2n) is 5.00. The van der Waals surface area contributed by atoms with E-state index in [1.807, 2.05) is 38.1 Å². The molecule has 0 spiro atoms. The molecule has 0 heterocycles. The molecule has 2 aromatic rings. The number of ether oxygens (including phenoxy) is 1. The highest BCUT2D eigenvalue weighted by Crippen LogP contribution is 2.10.